The van der Waals surface area contributed by atoms with Crippen molar-refractivity contribution in [2.75, 3.05) is 0 Å². The van der Waals surface area contributed by atoms with E-state index in [1.165, 1.54) is 36.4 Å². The molecule has 0 fully saturated rings. The Balaban J connectivity index is 2.26. The number of nitrogens with zero attached hydrogens (tertiary/aromatic N) is 1. The standard InChI is InChI=1S/C13H8ClNO5/c14-11-7-10(4-5-12(11)15(18)19)20-9-3-1-2-8(6-9)13(16)17/h1-7H,(H,16,17). The van der Waals surface area contributed by atoms with E-state index in [2.05, 4.69) is 0 Å². The molecule has 2 aromatic rings. The topological polar surface area (TPSA) is 89.7 Å². The molecule has 0 aromatic heterocycles. The molecular weight excluding hydrogens is 286 g/mol. The minimum absolute atomic E-state index is 0.0538. The molecular formula is C13H8ClNO5. The van der Waals surface area contributed by atoms with Gasteiger partial charge in [0.1, 0.15) is 16.5 Å². The Morgan fingerprint density at radius 2 is 1.90 bits per heavy atom. The minimum Gasteiger partial charge on any atom is -0.478 e. The van der Waals surface area contributed by atoms with Gasteiger partial charge in [0, 0.05) is 12.1 Å². The Hall–Kier alpha value is -2.60. The van der Waals surface area contributed by atoms with Gasteiger partial charge >= 0.3 is 5.97 Å². The maximum absolute atomic E-state index is 10.8. The molecule has 0 bridgehead atoms. The van der Waals surface area contributed by atoms with Gasteiger partial charge < -0.3 is 9.84 Å². The Labute approximate surface area is 118 Å². The number of carbonyl (C=O) groups is 1. The molecule has 6 nitrogen and oxygen atoms in total. The van der Waals surface area contributed by atoms with Gasteiger partial charge in [-0.1, -0.05) is 17.7 Å². The van der Waals surface area contributed by atoms with Crippen molar-refractivity contribution in [2.24, 2.45) is 0 Å². The number of nitro groups is 1. The second-order valence-electron chi connectivity index (χ2n) is 3.81. The second kappa shape index (κ2) is 5.58. The molecule has 0 atom stereocenters. The van der Waals surface area contributed by atoms with E-state index in [1.54, 1.807) is 6.07 Å². The van der Waals surface area contributed by atoms with E-state index in [1.807, 2.05) is 0 Å². The molecule has 2 aromatic carbocycles. The first kappa shape index (κ1) is 13.8. The van der Waals surface area contributed by atoms with Gasteiger partial charge in [-0.3, -0.25) is 10.1 Å². The largest absolute Gasteiger partial charge is 0.478 e. The smallest absolute Gasteiger partial charge is 0.335 e. The molecule has 7 heteroatoms. The maximum atomic E-state index is 10.8. The van der Waals surface area contributed by atoms with Crippen LogP contribution in [0.15, 0.2) is 42.5 Å². The van der Waals surface area contributed by atoms with Crippen molar-refractivity contribution in [3.8, 4) is 11.5 Å². The summed E-state index contributed by atoms with van der Waals surface area (Å²) >= 11 is 5.76. The van der Waals surface area contributed by atoms with Crippen LogP contribution in [0.1, 0.15) is 10.4 Å². The lowest BCUT2D eigenvalue weighted by atomic mass is 10.2. The summed E-state index contributed by atoms with van der Waals surface area (Å²) in [6.07, 6.45) is 0. The monoisotopic (exact) mass is 293 g/mol. The van der Waals surface area contributed by atoms with Gasteiger partial charge in [-0.15, -0.1) is 0 Å². The van der Waals surface area contributed by atoms with Crippen LogP contribution < -0.4 is 4.74 Å². The average Bonchev–Trinajstić information content (AvgIpc) is 2.38. The SMILES string of the molecule is O=C(O)c1cccc(Oc2ccc([N+](=O)[O-])c(Cl)c2)c1. The zero-order chi connectivity index (χ0) is 14.7. The number of ether oxygens (including phenoxy) is 1. The van der Waals surface area contributed by atoms with Crippen LogP contribution in [-0.2, 0) is 0 Å². The van der Waals surface area contributed by atoms with Crippen molar-refractivity contribution in [1.29, 1.82) is 0 Å². The first-order valence-corrected chi connectivity index (χ1v) is 5.80. The molecule has 0 aliphatic rings. The Morgan fingerprint density at radius 3 is 2.50 bits per heavy atom. The number of halogens is 1. The number of carboxylic acid groups (broad SMARTS) is 1. The average molecular weight is 294 g/mol. The number of rotatable bonds is 4. The van der Waals surface area contributed by atoms with E-state index in [0.29, 0.717) is 5.75 Å². The Bertz CT molecular complexity index is 686. The van der Waals surface area contributed by atoms with Crippen molar-refractivity contribution in [3.05, 3.63) is 63.2 Å². The predicted molar refractivity (Wildman–Crippen MR) is 71.6 cm³/mol. The Kier molecular flexibility index (Phi) is 3.86. The van der Waals surface area contributed by atoms with Crippen molar-refractivity contribution in [3.63, 3.8) is 0 Å². The summed E-state index contributed by atoms with van der Waals surface area (Å²) < 4.78 is 5.41. The van der Waals surface area contributed by atoms with Crippen LogP contribution in [0.4, 0.5) is 5.69 Å². The lowest BCUT2D eigenvalue weighted by Gasteiger charge is -2.06. The number of aromatic carboxylic acids is 1. The predicted octanol–water partition coefficient (Wildman–Crippen LogP) is 3.74. The third-order valence-electron chi connectivity index (χ3n) is 2.43. The first-order valence-electron chi connectivity index (χ1n) is 5.42. The quantitative estimate of drug-likeness (QED) is 0.685. The molecule has 0 unspecified atom stereocenters. The van der Waals surface area contributed by atoms with E-state index in [9.17, 15) is 14.9 Å². The fourth-order valence-corrected chi connectivity index (χ4v) is 1.77. The number of benzene rings is 2. The van der Waals surface area contributed by atoms with Crippen molar-refractivity contribution in [1.82, 2.24) is 0 Å². The summed E-state index contributed by atoms with van der Waals surface area (Å²) in [5.41, 5.74) is -0.145. The molecule has 102 valence electrons. The molecule has 0 radical (unpaired) electrons. The number of hydrogen-bond donors (Lipinski definition) is 1. The summed E-state index contributed by atoms with van der Waals surface area (Å²) in [5.74, 6) is -0.491. The Morgan fingerprint density at radius 1 is 1.20 bits per heavy atom. The molecule has 0 saturated heterocycles. The van der Waals surface area contributed by atoms with Crippen molar-refractivity contribution < 1.29 is 19.6 Å². The van der Waals surface area contributed by atoms with Gasteiger partial charge in [0.25, 0.3) is 5.69 Å². The fraction of sp³-hybridized carbons (Fsp3) is 0. The first-order chi connectivity index (χ1) is 9.47. The second-order valence-corrected chi connectivity index (χ2v) is 4.21. The summed E-state index contributed by atoms with van der Waals surface area (Å²) in [6.45, 7) is 0. The van der Waals surface area contributed by atoms with Gasteiger partial charge in [0.15, 0.2) is 0 Å². The number of nitro benzene ring substituents is 1. The van der Waals surface area contributed by atoms with Gasteiger partial charge in [0.2, 0.25) is 0 Å². The highest BCUT2D eigenvalue weighted by atomic mass is 35.5. The van der Waals surface area contributed by atoms with Crippen LogP contribution in [0.25, 0.3) is 0 Å². The van der Waals surface area contributed by atoms with E-state index in [4.69, 9.17) is 21.4 Å². The molecule has 0 heterocycles. The van der Waals surface area contributed by atoms with E-state index in [-0.39, 0.29) is 22.0 Å². The third-order valence-corrected chi connectivity index (χ3v) is 2.74. The number of carboxylic acids is 1. The molecule has 20 heavy (non-hydrogen) atoms. The molecule has 0 saturated carbocycles. The van der Waals surface area contributed by atoms with Gasteiger partial charge in [-0.05, 0) is 24.3 Å². The summed E-state index contributed by atoms with van der Waals surface area (Å²) in [5, 5.41) is 19.4. The normalized spacial score (nSPS) is 10.1. The van der Waals surface area contributed by atoms with Crippen LogP contribution in [-0.4, -0.2) is 16.0 Å². The highest BCUT2D eigenvalue weighted by molar-refractivity contribution is 6.32. The van der Waals surface area contributed by atoms with Gasteiger partial charge in [-0.2, -0.15) is 0 Å². The lowest BCUT2D eigenvalue weighted by Crippen LogP contribution is -1.96. The van der Waals surface area contributed by atoms with Crippen LogP contribution in [0, 0.1) is 10.1 Å². The maximum Gasteiger partial charge on any atom is 0.335 e. The molecule has 0 spiro atoms. The van der Waals surface area contributed by atoms with Crippen LogP contribution >= 0.6 is 11.6 Å². The minimum atomic E-state index is -1.07. The summed E-state index contributed by atoms with van der Waals surface area (Å²) in [6, 6.07) is 9.78. The van der Waals surface area contributed by atoms with Gasteiger partial charge in [0.05, 0.1) is 10.5 Å². The fourth-order valence-electron chi connectivity index (χ4n) is 1.53. The molecule has 0 aliphatic carbocycles. The molecule has 0 amide bonds. The molecule has 2 rings (SSSR count). The van der Waals surface area contributed by atoms with Crippen molar-refractivity contribution >= 4 is 23.3 Å². The summed E-state index contributed by atoms with van der Waals surface area (Å²) in [4.78, 5) is 20.9. The van der Waals surface area contributed by atoms with E-state index >= 15 is 0 Å². The third kappa shape index (κ3) is 3.04. The van der Waals surface area contributed by atoms with Crippen LogP contribution in [0.3, 0.4) is 0 Å². The summed E-state index contributed by atoms with van der Waals surface area (Å²) in [7, 11) is 0. The lowest BCUT2D eigenvalue weighted by molar-refractivity contribution is -0.384. The van der Waals surface area contributed by atoms with E-state index < -0.39 is 10.9 Å². The highest BCUT2D eigenvalue weighted by Gasteiger charge is 2.13. The molecule has 1 N–H and O–H groups in total. The zero-order valence-electron chi connectivity index (χ0n) is 9.95. The molecule has 0 aliphatic heterocycles. The van der Waals surface area contributed by atoms with E-state index in [0.717, 1.165) is 0 Å². The number of hydrogen-bond acceptors (Lipinski definition) is 4. The van der Waals surface area contributed by atoms with Crippen molar-refractivity contribution in [2.45, 2.75) is 0 Å². The van der Waals surface area contributed by atoms with Crippen LogP contribution in [0.2, 0.25) is 5.02 Å². The van der Waals surface area contributed by atoms with Gasteiger partial charge in [-0.25, -0.2) is 4.79 Å². The highest BCUT2D eigenvalue weighted by Crippen LogP contribution is 2.31. The zero-order valence-corrected chi connectivity index (χ0v) is 10.7. The van der Waals surface area contributed by atoms with Crippen LogP contribution in [0.5, 0.6) is 11.5 Å².